The van der Waals surface area contributed by atoms with Crippen molar-refractivity contribution in [2.75, 3.05) is 0 Å². The zero-order valence-electron chi connectivity index (χ0n) is 5.42. The molecule has 2 nitrogen and oxygen atoms in total. The molecule has 0 heterocycles. The summed E-state index contributed by atoms with van der Waals surface area (Å²) in [7, 11) is 0. The van der Waals surface area contributed by atoms with E-state index in [0.29, 0.717) is 5.71 Å². The van der Waals surface area contributed by atoms with E-state index in [1.807, 2.05) is 0 Å². The maximum absolute atomic E-state index is 10.5. The third kappa shape index (κ3) is 2.59. The van der Waals surface area contributed by atoms with Crippen molar-refractivity contribution < 1.29 is 4.79 Å². The average Bonchev–Trinajstić information content (AvgIpc) is 1.82. The van der Waals surface area contributed by atoms with Crippen LogP contribution >= 0.6 is 0 Å². The van der Waals surface area contributed by atoms with Crippen LogP contribution in [0.1, 0.15) is 6.92 Å². The molecule has 0 saturated heterocycles. The smallest absolute Gasteiger partial charge is 0.178 e. The van der Waals surface area contributed by atoms with Gasteiger partial charge in [0, 0.05) is 13.1 Å². The van der Waals surface area contributed by atoms with E-state index in [-0.39, 0.29) is 5.78 Å². The highest BCUT2D eigenvalue weighted by atomic mass is 16.1. The van der Waals surface area contributed by atoms with Gasteiger partial charge in [0.2, 0.25) is 0 Å². The highest BCUT2D eigenvalue weighted by molar-refractivity contribution is 6.43. The molecule has 0 aromatic rings. The average molecular weight is 123 g/mol. The maximum atomic E-state index is 10.5. The lowest BCUT2D eigenvalue weighted by molar-refractivity contribution is -0.111. The number of ketones is 1. The zero-order chi connectivity index (χ0) is 7.28. The van der Waals surface area contributed by atoms with Crippen LogP contribution < -0.4 is 0 Å². The number of rotatable bonds is 3. The number of hydrogen-bond donors (Lipinski definition) is 0. The molecule has 0 fully saturated rings. The molecule has 0 spiro atoms. The Morgan fingerprint density at radius 1 is 1.56 bits per heavy atom. The molecular weight excluding hydrogens is 114 g/mol. The van der Waals surface area contributed by atoms with Crippen LogP contribution in [0.15, 0.2) is 30.4 Å². The summed E-state index contributed by atoms with van der Waals surface area (Å²) < 4.78 is 0. The third-order valence-corrected chi connectivity index (χ3v) is 0.784. The van der Waals surface area contributed by atoms with Gasteiger partial charge in [0.25, 0.3) is 0 Å². The van der Waals surface area contributed by atoms with Crippen LogP contribution in [-0.4, -0.2) is 11.5 Å². The van der Waals surface area contributed by atoms with Crippen LogP contribution in [0.4, 0.5) is 0 Å². The predicted octanol–water partition coefficient (Wildman–Crippen LogP) is 1.35. The molecule has 0 amide bonds. The Morgan fingerprint density at radius 2 is 2.11 bits per heavy atom. The lowest BCUT2D eigenvalue weighted by Gasteiger charge is -1.87. The summed E-state index contributed by atoms with van der Waals surface area (Å²) >= 11 is 0. The Balaban J connectivity index is 4.32. The summed E-state index contributed by atoms with van der Waals surface area (Å²) in [5.74, 6) is -0.0927. The molecule has 0 radical (unpaired) electrons. The Morgan fingerprint density at radius 3 is 2.22 bits per heavy atom. The van der Waals surface area contributed by atoms with E-state index in [1.54, 1.807) is 0 Å². The SMILES string of the molecule is C=CN=C(C=C)C(C)=O. The monoisotopic (exact) mass is 123 g/mol. The van der Waals surface area contributed by atoms with E-state index >= 15 is 0 Å². The number of carbonyl (C=O) groups excluding carboxylic acids is 1. The van der Waals surface area contributed by atoms with Crippen molar-refractivity contribution in [3.8, 4) is 0 Å². The molecule has 0 aliphatic heterocycles. The van der Waals surface area contributed by atoms with Crippen molar-refractivity contribution in [3.63, 3.8) is 0 Å². The molecule has 0 bridgehead atoms. The fraction of sp³-hybridized carbons (Fsp3) is 0.143. The quantitative estimate of drug-likeness (QED) is 0.521. The van der Waals surface area contributed by atoms with Crippen molar-refractivity contribution in [1.29, 1.82) is 0 Å². The van der Waals surface area contributed by atoms with E-state index in [0.717, 1.165) is 0 Å². The lowest BCUT2D eigenvalue weighted by Crippen LogP contribution is -2.04. The summed E-state index contributed by atoms with van der Waals surface area (Å²) in [6.45, 7) is 8.18. The van der Waals surface area contributed by atoms with Gasteiger partial charge in [0.1, 0.15) is 5.71 Å². The van der Waals surface area contributed by atoms with Gasteiger partial charge in [0.15, 0.2) is 5.78 Å². The molecule has 48 valence electrons. The fourth-order valence-corrected chi connectivity index (χ4v) is 0.386. The lowest BCUT2D eigenvalue weighted by atomic mass is 10.3. The standard InChI is InChI=1S/C7H9NO/c1-4-7(6(3)9)8-5-2/h4-5H,1-2H2,3H3. The minimum atomic E-state index is -0.0927. The first-order valence-electron chi connectivity index (χ1n) is 2.54. The molecule has 0 aliphatic carbocycles. The molecular formula is C7H9NO. The number of aliphatic imine (C=N–C) groups is 1. The number of hydrogen-bond acceptors (Lipinski definition) is 2. The van der Waals surface area contributed by atoms with Gasteiger partial charge in [-0.1, -0.05) is 13.2 Å². The molecule has 0 aliphatic rings. The molecule has 0 aromatic heterocycles. The molecule has 0 aromatic carbocycles. The van der Waals surface area contributed by atoms with E-state index in [2.05, 4.69) is 18.2 Å². The van der Waals surface area contributed by atoms with Crippen LogP contribution in [0, 0.1) is 0 Å². The molecule has 0 unspecified atom stereocenters. The summed E-state index contributed by atoms with van der Waals surface area (Å²) in [4.78, 5) is 14.2. The summed E-state index contributed by atoms with van der Waals surface area (Å²) in [6.07, 6.45) is 2.72. The number of allylic oxidation sites excluding steroid dienone is 1. The van der Waals surface area contributed by atoms with Crippen molar-refractivity contribution >= 4 is 11.5 Å². The van der Waals surface area contributed by atoms with Gasteiger partial charge in [0.05, 0.1) is 0 Å². The first-order valence-corrected chi connectivity index (χ1v) is 2.54. The molecule has 0 rings (SSSR count). The molecule has 9 heavy (non-hydrogen) atoms. The fourth-order valence-electron chi connectivity index (χ4n) is 0.386. The van der Waals surface area contributed by atoms with E-state index in [9.17, 15) is 4.79 Å². The van der Waals surface area contributed by atoms with Crippen LogP contribution in [0.2, 0.25) is 0 Å². The Labute approximate surface area is 54.6 Å². The van der Waals surface area contributed by atoms with E-state index in [4.69, 9.17) is 0 Å². The van der Waals surface area contributed by atoms with Crippen LogP contribution in [0.5, 0.6) is 0 Å². The first kappa shape index (κ1) is 7.82. The van der Waals surface area contributed by atoms with Gasteiger partial charge in [-0.15, -0.1) is 0 Å². The van der Waals surface area contributed by atoms with Gasteiger partial charge in [-0.25, -0.2) is 0 Å². The minimum Gasteiger partial charge on any atom is -0.293 e. The second-order valence-electron chi connectivity index (χ2n) is 1.46. The minimum absolute atomic E-state index is 0.0927. The second-order valence-corrected chi connectivity index (χ2v) is 1.46. The maximum Gasteiger partial charge on any atom is 0.178 e. The predicted molar refractivity (Wildman–Crippen MR) is 38.5 cm³/mol. The van der Waals surface area contributed by atoms with Crippen LogP contribution in [0.3, 0.4) is 0 Å². The summed E-state index contributed by atoms with van der Waals surface area (Å²) in [5.41, 5.74) is 0.352. The third-order valence-electron chi connectivity index (χ3n) is 0.784. The van der Waals surface area contributed by atoms with Gasteiger partial charge >= 0.3 is 0 Å². The molecule has 0 N–H and O–H groups in total. The normalized spacial score (nSPS) is 10.6. The van der Waals surface area contributed by atoms with Crippen molar-refractivity contribution in [3.05, 3.63) is 25.4 Å². The summed E-state index contributed by atoms with van der Waals surface area (Å²) in [6, 6.07) is 0. The Kier molecular flexibility index (Phi) is 3.28. The highest BCUT2D eigenvalue weighted by Gasteiger charge is 1.95. The largest absolute Gasteiger partial charge is 0.293 e. The molecule has 0 saturated carbocycles. The van der Waals surface area contributed by atoms with Crippen LogP contribution in [-0.2, 0) is 4.79 Å². The van der Waals surface area contributed by atoms with Crippen molar-refractivity contribution in [2.24, 2.45) is 4.99 Å². The van der Waals surface area contributed by atoms with Crippen molar-refractivity contribution in [1.82, 2.24) is 0 Å². The Bertz CT molecular complexity index is 168. The Hall–Kier alpha value is -1.18. The second kappa shape index (κ2) is 3.78. The number of Topliss-reactive ketones (excluding diaryl/α,β-unsaturated/α-hetero) is 1. The highest BCUT2D eigenvalue weighted by Crippen LogP contribution is 1.82. The van der Waals surface area contributed by atoms with Gasteiger partial charge in [-0.05, 0) is 6.08 Å². The van der Waals surface area contributed by atoms with E-state index < -0.39 is 0 Å². The topological polar surface area (TPSA) is 29.4 Å². The summed E-state index contributed by atoms with van der Waals surface area (Å²) in [5, 5.41) is 0. The first-order chi connectivity index (χ1) is 4.22. The van der Waals surface area contributed by atoms with Gasteiger partial charge in [-0.2, -0.15) is 0 Å². The van der Waals surface area contributed by atoms with Crippen molar-refractivity contribution in [2.45, 2.75) is 6.92 Å². The zero-order valence-corrected chi connectivity index (χ0v) is 5.42. The molecule has 0 atom stereocenters. The van der Waals surface area contributed by atoms with E-state index in [1.165, 1.54) is 19.2 Å². The molecule has 2 heteroatoms. The van der Waals surface area contributed by atoms with Gasteiger partial charge in [-0.3, -0.25) is 9.79 Å². The van der Waals surface area contributed by atoms with Gasteiger partial charge < -0.3 is 0 Å². The number of carbonyl (C=O) groups is 1. The van der Waals surface area contributed by atoms with Crippen LogP contribution in [0.25, 0.3) is 0 Å². The number of nitrogens with zero attached hydrogens (tertiary/aromatic N) is 1.